The van der Waals surface area contributed by atoms with Gasteiger partial charge in [-0.3, -0.25) is 24.0 Å². The molecule has 1 aliphatic rings. The lowest BCUT2D eigenvalue weighted by atomic mass is 9.60. The van der Waals surface area contributed by atoms with Crippen LogP contribution < -0.4 is 14.8 Å². The number of carbonyl (C=O) groups is 5. The van der Waals surface area contributed by atoms with Gasteiger partial charge < -0.3 is 14.8 Å². The third-order valence-corrected chi connectivity index (χ3v) is 8.27. The summed E-state index contributed by atoms with van der Waals surface area (Å²) in [5, 5.41) is 3.06. The van der Waals surface area contributed by atoms with Crippen molar-refractivity contribution in [1.82, 2.24) is 0 Å². The van der Waals surface area contributed by atoms with Crippen LogP contribution in [0.5, 0.6) is 11.5 Å². The number of hydrogen-bond acceptors (Lipinski definition) is 7. The lowest BCUT2D eigenvalue weighted by Crippen LogP contribution is -2.52. The number of carbonyl (C=O) groups excluding carboxylic acids is 5. The van der Waals surface area contributed by atoms with E-state index < -0.39 is 40.6 Å². The minimum Gasteiger partial charge on any atom is -0.497 e. The molecule has 8 nitrogen and oxygen atoms in total. The SMILES string of the molecule is COc1ccc(C(=O)[C@H](C[C@@H]2C(=O)CC(C)(C)[C@H](C(=O)C(=O)Nc3ccc(Cl)cc3C)C2=O)c2ccc(OC)cc2)cc1. The van der Waals surface area contributed by atoms with Crippen molar-refractivity contribution in [3.05, 3.63) is 88.4 Å². The third-order valence-electron chi connectivity index (χ3n) is 8.03. The fraction of sp³-hybridized carbons (Fsp3) is 0.324. The molecule has 1 amide bonds. The molecule has 3 atom stereocenters. The predicted octanol–water partition coefficient (Wildman–Crippen LogP) is 6.03. The highest BCUT2D eigenvalue weighted by atomic mass is 35.5. The molecule has 0 radical (unpaired) electrons. The molecule has 0 unspecified atom stereocenters. The van der Waals surface area contributed by atoms with Crippen LogP contribution in [-0.2, 0) is 19.2 Å². The van der Waals surface area contributed by atoms with Crippen LogP contribution in [0.1, 0.15) is 54.1 Å². The second-order valence-corrected chi connectivity index (χ2v) is 11.9. The number of halogens is 1. The molecule has 3 aromatic carbocycles. The highest BCUT2D eigenvalue weighted by molar-refractivity contribution is 6.45. The van der Waals surface area contributed by atoms with E-state index in [4.69, 9.17) is 21.1 Å². The fourth-order valence-corrected chi connectivity index (χ4v) is 5.88. The van der Waals surface area contributed by atoms with Crippen LogP contribution in [0.4, 0.5) is 5.69 Å². The zero-order valence-electron chi connectivity index (χ0n) is 24.7. The Morgan fingerprint density at radius 1 is 0.930 bits per heavy atom. The second kappa shape index (κ2) is 12.9. The molecule has 1 aliphatic carbocycles. The Morgan fingerprint density at radius 2 is 1.51 bits per heavy atom. The zero-order chi connectivity index (χ0) is 31.5. The summed E-state index contributed by atoms with van der Waals surface area (Å²) >= 11 is 6.01. The summed E-state index contributed by atoms with van der Waals surface area (Å²) in [6.07, 6.45) is -0.244. The van der Waals surface area contributed by atoms with Gasteiger partial charge >= 0.3 is 0 Å². The van der Waals surface area contributed by atoms with Gasteiger partial charge in [0.1, 0.15) is 17.3 Å². The van der Waals surface area contributed by atoms with Gasteiger partial charge in [-0.2, -0.15) is 0 Å². The number of nitrogens with one attached hydrogen (secondary N) is 1. The molecule has 0 aliphatic heterocycles. The highest BCUT2D eigenvalue weighted by Crippen LogP contribution is 2.43. The van der Waals surface area contributed by atoms with E-state index in [-0.39, 0.29) is 24.4 Å². The van der Waals surface area contributed by atoms with Crippen molar-refractivity contribution in [2.45, 2.75) is 39.5 Å². The van der Waals surface area contributed by atoms with Crippen molar-refractivity contribution in [3.8, 4) is 11.5 Å². The summed E-state index contributed by atoms with van der Waals surface area (Å²) in [6.45, 7) is 4.99. The van der Waals surface area contributed by atoms with Crippen LogP contribution in [-0.4, -0.2) is 43.3 Å². The first-order valence-electron chi connectivity index (χ1n) is 13.9. The van der Waals surface area contributed by atoms with Gasteiger partial charge in [-0.1, -0.05) is 37.6 Å². The zero-order valence-corrected chi connectivity index (χ0v) is 25.5. The number of amides is 1. The van der Waals surface area contributed by atoms with E-state index in [0.717, 1.165) is 0 Å². The van der Waals surface area contributed by atoms with E-state index in [1.807, 2.05) is 0 Å². The smallest absolute Gasteiger partial charge is 0.292 e. The van der Waals surface area contributed by atoms with E-state index in [1.54, 1.807) is 87.5 Å². The van der Waals surface area contributed by atoms with E-state index in [9.17, 15) is 24.0 Å². The number of rotatable bonds is 10. The van der Waals surface area contributed by atoms with E-state index >= 15 is 0 Å². The molecule has 1 saturated carbocycles. The average Bonchev–Trinajstić information content (AvgIpc) is 2.97. The van der Waals surface area contributed by atoms with Crippen molar-refractivity contribution in [3.63, 3.8) is 0 Å². The Morgan fingerprint density at radius 3 is 2.07 bits per heavy atom. The maximum Gasteiger partial charge on any atom is 0.292 e. The summed E-state index contributed by atoms with van der Waals surface area (Å²) in [5.41, 5.74) is 0.911. The van der Waals surface area contributed by atoms with Crippen LogP contribution in [0.2, 0.25) is 5.02 Å². The molecule has 9 heteroatoms. The Balaban J connectivity index is 1.65. The van der Waals surface area contributed by atoms with Crippen LogP contribution in [0.25, 0.3) is 0 Å². The molecular weight excluding hydrogens is 570 g/mol. The maximum absolute atomic E-state index is 14.0. The lowest BCUT2D eigenvalue weighted by molar-refractivity contribution is -0.153. The molecule has 224 valence electrons. The number of benzene rings is 3. The van der Waals surface area contributed by atoms with Gasteiger partial charge in [-0.05, 0) is 84.5 Å². The summed E-state index contributed by atoms with van der Waals surface area (Å²) in [6, 6.07) is 18.2. The highest BCUT2D eigenvalue weighted by Gasteiger charge is 2.53. The average molecular weight is 604 g/mol. The molecule has 4 rings (SSSR count). The summed E-state index contributed by atoms with van der Waals surface area (Å²) < 4.78 is 10.5. The molecule has 1 fully saturated rings. The summed E-state index contributed by atoms with van der Waals surface area (Å²) in [4.78, 5) is 67.9. The van der Waals surface area contributed by atoms with Crippen molar-refractivity contribution >= 4 is 46.3 Å². The number of methoxy groups -OCH3 is 2. The van der Waals surface area contributed by atoms with Gasteiger partial charge in [-0.15, -0.1) is 0 Å². The van der Waals surface area contributed by atoms with E-state index in [1.165, 1.54) is 14.2 Å². The maximum atomic E-state index is 14.0. The fourth-order valence-electron chi connectivity index (χ4n) is 5.66. The van der Waals surface area contributed by atoms with Crippen molar-refractivity contribution in [1.29, 1.82) is 0 Å². The summed E-state index contributed by atoms with van der Waals surface area (Å²) in [7, 11) is 3.05. The predicted molar refractivity (Wildman–Crippen MR) is 163 cm³/mol. The van der Waals surface area contributed by atoms with Crippen molar-refractivity contribution < 1.29 is 33.4 Å². The largest absolute Gasteiger partial charge is 0.497 e. The van der Waals surface area contributed by atoms with Crippen LogP contribution in [0.3, 0.4) is 0 Å². The minimum atomic E-state index is -1.37. The Labute approximate surface area is 255 Å². The van der Waals surface area contributed by atoms with Gasteiger partial charge in [0.15, 0.2) is 11.6 Å². The van der Waals surface area contributed by atoms with Crippen molar-refractivity contribution in [2.75, 3.05) is 19.5 Å². The number of aryl methyl sites for hydroxylation is 1. The molecule has 0 saturated heterocycles. The number of ketones is 4. The molecule has 0 bridgehead atoms. The molecule has 43 heavy (non-hydrogen) atoms. The third kappa shape index (κ3) is 6.86. The second-order valence-electron chi connectivity index (χ2n) is 11.5. The first-order chi connectivity index (χ1) is 20.4. The molecular formula is C34H34ClNO7. The number of Topliss-reactive ketones (excluding diaryl/α,β-unsaturated/α-hetero) is 4. The van der Waals surface area contributed by atoms with Crippen LogP contribution in [0, 0.1) is 24.2 Å². The Bertz CT molecular complexity index is 1560. The van der Waals surface area contributed by atoms with Gasteiger partial charge in [-0.25, -0.2) is 0 Å². The number of hydrogen-bond donors (Lipinski definition) is 1. The van der Waals surface area contributed by atoms with Gasteiger partial charge in [0.2, 0.25) is 5.78 Å². The molecule has 0 aromatic heterocycles. The standard InChI is InChI=1S/C34H34ClNO7/c1-19-16-22(35)10-15-27(19)36-33(41)32(40)29-31(39)26(28(37)18-34(29,2)3)17-25(20-6-11-23(42-4)12-7-20)30(38)21-8-13-24(43-5)14-9-21/h6-16,25-26,29H,17-18H2,1-5H3,(H,36,41)/t25-,26-,29+/m1/s1. The van der Waals surface area contributed by atoms with Gasteiger partial charge in [0, 0.05) is 28.6 Å². The minimum absolute atomic E-state index is 0.0981. The lowest BCUT2D eigenvalue weighted by Gasteiger charge is -2.39. The molecule has 0 spiro atoms. The van der Waals surface area contributed by atoms with E-state index in [0.29, 0.717) is 38.9 Å². The van der Waals surface area contributed by atoms with E-state index in [2.05, 4.69) is 5.32 Å². The first-order valence-corrected chi connectivity index (χ1v) is 14.2. The quantitative estimate of drug-likeness (QED) is 0.171. The van der Waals surface area contributed by atoms with Crippen LogP contribution >= 0.6 is 11.6 Å². The normalized spacial score (nSPS) is 18.5. The van der Waals surface area contributed by atoms with Gasteiger partial charge in [0.25, 0.3) is 5.91 Å². The van der Waals surface area contributed by atoms with Gasteiger partial charge in [0.05, 0.1) is 26.1 Å². The topological polar surface area (TPSA) is 116 Å². The Hall–Kier alpha value is -4.30. The molecule has 0 heterocycles. The van der Waals surface area contributed by atoms with Crippen molar-refractivity contribution in [2.24, 2.45) is 17.3 Å². The monoisotopic (exact) mass is 603 g/mol. The molecule has 1 N–H and O–H groups in total. The first kappa shape index (κ1) is 31.6. The summed E-state index contributed by atoms with van der Waals surface area (Å²) in [5.74, 6) is -5.53. The number of ether oxygens (including phenoxy) is 2. The Kier molecular flexibility index (Phi) is 9.50. The molecule has 3 aromatic rings. The number of anilines is 1. The van der Waals surface area contributed by atoms with Crippen LogP contribution in [0.15, 0.2) is 66.7 Å².